The van der Waals surface area contributed by atoms with Gasteiger partial charge in [-0.25, -0.2) is 9.40 Å². The minimum atomic E-state index is -0.571. The second-order valence-electron chi connectivity index (χ2n) is 5.56. The molecule has 1 heterocycles. The second kappa shape index (κ2) is 8.62. The lowest BCUT2D eigenvalue weighted by molar-refractivity contribution is -0.149. The van der Waals surface area contributed by atoms with Crippen molar-refractivity contribution < 1.29 is 18.7 Å². The Bertz CT molecular complexity index is 827. The molecule has 3 rings (SSSR count). The molecule has 0 saturated carbocycles. The number of hydrogen-bond donors (Lipinski definition) is 0. The van der Waals surface area contributed by atoms with Crippen molar-refractivity contribution in [1.82, 2.24) is 5.01 Å². The van der Waals surface area contributed by atoms with Gasteiger partial charge in [0.15, 0.2) is 6.61 Å². The van der Waals surface area contributed by atoms with Crippen LogP contribution in [0.15, 0.2) is 64.6 Å². The molecule has 2 aromatic carbocycles. The first kappa shape index (κ1) is 18.1. The third kappa shape index (κ3) is 4.70. The summed E-state index contributed by atoms with van der Waals surface area (Å²) in [5, 5.41) is 5.61. The monoisotopic (exact) mass is 372 g/mol. The minimum absolute atomic E-state index is 0.0628. The van der Waals surface area contributed by atoms with Crippen molar-refractivity contribution in [2.75, 3.05) is 18.9 Å². The summed E-state index contributed by atoms with van der Waals surface area (Å²) in [5.74, 6) is -1.40. The molecule has 2 aromatic rings. The Morgan fingerprint density at radius 2 is 1.85 bits per heavy atom. The number of ether oxygens (including phenoxy) is 1. The molecule has 0 saturated heterocycles. The summed E-state index contributed by atoms with van der Waals surface area (Å²) >= 11 is 1.03. The highest BCUT2D eigenvalue weighted by atomic mass is 32.2. The van der Waals surface area contributed by atoms with Crippen LogP contribution in [0.5, 0.6) is 0 Å². The van der Waals surface area contributed by atoms with E-state index in [1.54, 1.807) is 18.2 Å². The number of rotatable bonds is 6. The smallest absolute Gasteiger partial charge is 0.316 e. The molecule has 0 radical (unpaired) electrons. The molecule has 0 spiro atoms. The molecule has 1 aliphatic heterocycles. The number of carbonyl (C=O) groups is 2. The van der Waals surface area contributed by atoms with Gasteiger partial charge < -0.3 is 4.74 Å². The van der Waals surface area contributed by atoms with E-state index in [1.165, 1.54) is 11.1 Å². The van der Waals surface area contributed by atoms with Crippen LogP contribution in [-0.4, -0.2) is 41.5 Å². The molecule has 0 aromatic heterocycles. The van der Waals surface area contributed by atoms with E-state index in [0.717, 1.165) is 23.0 Å². The highest BCUT2D eigenvalue weighted by Gasteiger charge is 2.22. The number of benzene rings is 2. The maximum Gasteiger partial charge on any atom is 0.316 e. The molecule has 0 fully saturated rings. The second-order valence-corrected chi connectivity index (χ2v) is 6.58. The maximum absolute atomic E-state index is 13.5. The molecular formula is C19H17FN2O3S. The van der Waals surface area contributed by atoms with Gasteiger partial charge in [0.25, 0.3) is 5.91 Å². The Balaban J connectivity index is 1.46. The van der Waals surface area contributed by atoms with Crippen LogP contribution in [-0.2, 0) is 14.3 Å². The van der Waals surface area contributed by atoms with Gasteiger partial charge in [0, 0.05) is 11.3 Å². The summed E-state index contributed by atoms with van der Waals surface area (Å²) in [6.07, 6.45) is 0.660. The number of carbonyl (C=O) groups excluding carboxylic acids is 2. The standard InChI is InChI=1S/C19H17FN2O3S/c20-15-8-4-5-9-17(15)26-13-19(24)25-12-18(23)22-11-10-16(21-22)14-6-2-1-3-7-14/h1-9H,10-13H2. The van der Waals surface area contributed by atoms with Crippen LogP contribution in [0.4, 0.5) is 4.39 Å². The van der Waals surface area contributed by atoms with Crippen molar-refractivity contribution in [3.05, 3.63) is 66.0 Å². The number of halogens is 1. The molecular weight excluding hydrogens is 355 g/mol. The Labute approximate surface area is 154 Å². The molecule has 5 nitrogen and oxygen atoms in total. The van der Waals surface area contributed by atoms with E-state index < -0.39 is 5.97 Å². The van der Waals surface area contributed by atoms with Gasteiger partial charge in [-0.3, -0.25) is 9.59 Å². The van der Waals surface area contributed by atoms with Crippen molar-refractivity contribution in [1.29, 1.82) is 0 Å². The number of esters is 1. The predicted octanol–water partition coefficient (Wildman–Crippen LogP) is 3.10. The van der Waals surface area contributed by atoms with E-state index in [-0.39, 0.29) is 24.1 Å². The highest BCUT2D eigenvalue weighted by molar-refractivity contribution is 8.00. The van der Waals surface area contributed by atoms with Gasteiger partial charge in [0.2, 0.25) is 0 Å². The predicted molar refractivity (Wildman–Crippen MR) is 97.4 cm³/mol. The summed E-state index contributed by atoms with van der Waals surface area (Å²) in [4.78, 5) is 24.3. The fourth-order valence-corrected chi connectivity index (χ4v) is 3.16. The number of hydrazone groups is 1. The highest BCUT2D eigenvalue weighted by Crippen LogP contribution is 2.21. The fourth-order valence-electron chi connectivity index (χ4n) is 2.43. The lowest BCUT2D eigenvalue weighted by Gasteiger charge is -2.11. The van der Waals surface area contributed by atoms with Crippen molar-refractivity contribution >= 4 is 29.4 Å². The zero-order valence-electron chi connectivity index (χ0n) is 13.9. The van der Waals surface area contributed by atoms with Gasteiger partial charge in [-0.2, -0.15) is 5.10 Å². The number of nitrogens with zero attached hydrogens (tertiary/aromatic N) is 2. The van der Waals surface area contributed by atoms with Crippen LogP contribution >= 0.6 is 11.8 Å². The van der Waals surface area contributed by atoms with E-state index in [1.807, 2.05) is 30.3 Å². The maximum atomic E-state index is 13.5. The molecule has 134 valence electrons. The quantitative estimate of drug-likeness (QED) is 0.578. The van der Waals surface area contributed by atoms with Gasteiger partial charge in [0.1, 0.15) is 5.82 Å². The van der Waals surface area contributed by atoms with Crippen LogP contribution in [0.25, 0.3) is 0 Å². The van der Waals surface area contributed by atoms with Crippen LogP contribution < -0.4 is 0 Å². The van der Waals surface area contributed by atoms with Gasteiger partial charge in [-0.05, 0) is 17.7 Å². The molecule has 0 N–H and O–H groups in total. The van der Waals surface area contributed by atoms with E-state index in [0.29, 0.717) is 17.9 Å². The van der Waals surface area contributed by atoms with Crippen LogP contribution in [0.2, 0.25) is 0 Å². The Morgan fingerprint density at radius 3 is 2.62 bits per heavy atom. The van der Waals surface area contributed by atoms with E-state index >= 15 is 0 Å². The summed E-state index contributed by atoms with van der Waals surface area (Å²) < 4.78 is 18.5. The van der Waals surface area contributed by atoms with Crippen LogP contribution in [0.3, 0.4) is 0 Å². The summed E-state index contributed by atoms with van der Waals surface area (Å²) in [5.41, 5.74) is 1.81. The van der Waals surface area contributed by atoms with Crippen molar-refractivity contribution in [3.8, 4) is 0 Å². The summed E-state index contributed by atoms with van der Waals surface area (Å²) in [7, 11) is 0. The first-order valence-corrected chi connectivity index (χ1v) is 9.08. The third-order valence-corrected chi connectivity index (χ3v) is 4.76. The molecule has 0 aliphatic carbocycles. The average molecular weight is 372 g/mol. The van der Waals surface area contributed by atoms with Crippen molar-refractivity contribution in [3.63, 3.8) is 0 Å². The zero-order valence-corrected chi connectivity index (χ0v) is 14.7. The summed E-state index contributed by atoms with van der Waals surface area (Å²) in [6.45, 7) is 0.0901. The number of thioether (sulfide) groups is 1. The van der Waals surface area contributed by atoms with Crippen LogP contribution in [0, 0.1) is 5.82 Å². The average Bonchev–Trinajstić information content (AvgIpc) is 3.16. The molecule has 0 bridgehead atoms. The lowest BCUT2D eigenvalue weighted by Crippen LogP contribution is -2.29. The topological polar surface area (TPSA) is 59.0 Å². The zero-order chi connectivity index (χ0) is 18.4. The minimum Gasteiger partial charge on any atom is -0.455 e. The van der Waals surface area contributed by atoms with Gasteiger partial charge in [0.05, 0.1) is 18.0 Å². The van der Waals surface area contributed by atoms with Gasteiger partial charge >= 0.3 is 5.97 Å². The van der Waals surface area contributed by atoms with Gasteiger partial charge in [-0.1, -0.05) is 42.5 Å². The van der Waals surface area contributed by atoms with Crippen molar-refractivity contribution in [2.24, 2.45) is 5.10 Å². The molecule has 1 aliphatic rings. The largest absolute Gasteiger partial charge is 0.455 e. The third-order valence-electron chi connectivity index (χ3n) is 3.74. The van der Waals surface area contributed by atoms with E-state index in [9.17, 15) is 14.0 Å². The molecule has 0 unspecified atom stereocenters. The summed E-state index contributed by atoms with van der Waals surface area (Å²) in [6, 6.07) is 15.8. The SMILES string of the molecule is O=C(CSc1ccccc1F)OCC(=O)N1CCC(c2ccccc2)=N1. The number of hydrogen-bond acceptors (Lipinski definition) is 5. The first-order valence-electron chi connectivity index (χ1n) is 8.09. The molecule has 26 heavy (non-hydrogen) atoms. The fraction of sp³-hybridized carbons (Fsp3) is 0.211. The molecule has 1 amide bonds. The first-order chi connectivity index (χ1) is 12.6. The number of amides is 1. The molecule has 7 heteroatoms. The normalized spacial score (nSPS) is 13.4. The van der Waals surface area contributed by atoms with Crippen LogP contribution in [0.1, 0.15) is 12.0 Å². The Morgan fingerprint density at radius 1 is 1.12 bits per heavy atom. The van der Waals surface area contributed by atoms with Crippen molar-refractivity contribution in [2.45, 2.75) is 11.3 Å². The van der Waals surface area contributed by atoms with E-state index in [4.69, 9.17) is 4.74 Å². The Hall–Kier alpha value is -2.67. The molecule has 0 atom stereocenters. The van der Waals surface area contributed by atoms with Gasteiger partial charge in [-0.15, -0.1) is 11.8 Å². The lowest BCUT2D eigenvalue weighted by atomic mass is 10.1. The Kier molecular flexibility index (Phi) is 6.01. The van der Waals surface area contributed by atoms with E-state index in [2.05, 4.69) is 5.10 Å².